The van der Waals surface area contributed by atoms with Crippen molar-refractivity contribution in [3.63, 3.8) is 0 Å². The first-order valence-corrected chi connectivity index (χ1v) is 9.14. The molecule has 148 valence electrons. The first-order valence-electron chi connectivity index (χ1n) is 8.77. The molecule has 0 radical (unpaired) electrons. The average molecular weight is 413 g/mol. The van der Waals surface area contributed by atoms with Gasteiger partial charge in [-0.3, -0.25) is 4.79 Å². The lowest BCUT2D eigenvalue weighted by Gasteiger charge is -2.25. The molecule has 29 heavy (non-hydrogen) atoms. The minimum atomic E-state index is -0.858. The summed E-state index contributed by atoms with van der Waals surface area (Å²) in [4.78, 5) is 12.4. The number of carbonyl (C=O) groups excluding carboxylic acids is 1. The topological polar surface area (TPSA) is 89.4 Å². The number of rotatable bonds is 4. The zero-order chi connectivity index (χ0) is 20.4. The third-order valence-corrected chi connectivity index (χ3v) is 4.65. The zero-order valence-electron chi connectivity index (χ0n) is 15.4. The van der Waals surface area contributed by atoms with Crippen molar-refractivity contribution < 1.29 is 24.1 Å². The fourth-order valence-corrected chi connectivity index (χ4v) is 3.19. The van der Waals surface area contributed by atoms with Crippen molar-refractivity contribution >= 4 is 34.5 Å². The molecule has 8 heteroatoms. The lowest BCUT2D eigenvalue weighted by Crippen LogP contribution is -2.42. The summed E-state index contributed by atoms with van der Waals surface area (Å²) in [5, 5.41) is 16.3. The van der Waals surface area contributed by atoms with E-state index in [1.165, 1.54) is 25.5 Å². The van der Waals surface area contributed by atoms with Gasteiger partial charge in [0.05, 0.1) is 13.3 Å². The van der Waals surface area contributed by atoms with Crippen LogP contribution in [0.4, 0.5) is 0 Å². The fourth-order valence-electron chi connectivity index (χ4n) is 2.97. The van der Waals surface area contributed by atoms with Crippen LogP contribution in [0.3, 0.4) is 0 Å². The number of fused-ring (bicyclic) bond motifs is 2. The number of amides is 1. The Morgan fingerprint density at radius 2 is 1.97 bits per heavy atom. The second-order valence-electron chi connectivity index (χ2n) is 6.34. The normalized spacial score (nSPS) is 15.4. The van der Waals surface area contributed by atoms with Crippen molar-refractivity contribution in [1.82, 2.24) is 5.43 Å². The maximum Gasteiger partial charge on any atom is 0.284 e. The molecule has 1 heterocycles. The first kappa shape index (κ1) is 18.9. The van der Waals surface area contributed by atoms with Crippen LogP contribution in [0.5, 0.6) is 23.0 Å². The van der Waals surface area contributed by atoms with Crippen molar-refractivity contribution in [2.45, 2.75) is 6.10 Å². The molecular weight excluding hydrogens is 396 g/mol. The van der Waals surface area contributed by atoms with E-state index < -0.39 is 12.0 Å². The molecule has 4 rings (SSSR count). The Labute approximate surface area is 171 Å². The SMILES string of the molecule is COc1cc(Cl)cc(/C=N\NC(=O)C2COc3cc4ccccc4cc3O2)c1O. The largest absolute Gasteiger partial charge is 0.504 e. The summed E-state index contributed by atoms with van der Waals surface area (Å²) in [6.45, 7) is 0.0585. The van der Waals surface area contributed by atoms with Gasteiger partial charge >= 0.3 is 0 Å². The predicted molar refractivity (Wildman–Crippen MR) is 109 cm³/mol. The summed E-state index contributed by atoms with van der Waals surface area (Å²) in [5.41, 5.74) is 2.68. The van der Waals surface area contributed by atoms with Crippen molar-refractivity contribution in [2.24, 2.45) is 5.10 Å². The predicted octanol–water partition coefficient (Wildman–Crippen LogP) is 3.50. The average Bonchev–Trinajstić information content (AvgIpc) is 2.73. The highest BCUT2D eigenvalue weighted by Crippen LogP contribution is 2.36. The highest BCUT2D eigenvalue weighted by molar-refractivity contribution is 6.31. The van der Waals surface area contributed by atoms with Crippen LogP contribution in [0.15, 0.2) is 53.6 Å². The van der Waals surface area contributed by atoms with Crippen LogP contribution < -0.4 is 19.6 Å². The van der Waals surface area contributed by atoms with Gasteiger partial charge in [0.1, 0.15) is 6.61 Å². The minimum absolute atomic E-state index is 0.0585. The molecule has 0 saturated heterocycles. The van der Waals surface area contributed by atoms with E-state index in [-0.39, 0.29) is 18.1 Å². The lowest BCUT2D eigenvalue weighted by atomic mass is 10.1. The van der Waals surface area contributed by atoms with E-state index in [0.717, 1.165) is 10.8 Å². The molecule has 3 aromatic rings. The van der Waals surface area contributed by atoms with Gasteiger partial charge in [0.2, 0.25) is 6.10 Å². The van der Waals surface area contributed by atoms with Gasteiger partial charge in [0, 0.05) is 16.7 Å². The molecule has 3 aromatic carbocycles. The third kappa shape index (κ3) is 3.90. The van der Waals surface area contributed by atoms with Gasteiger partial charge in [-0.05, 0) is 29.0 Å². The van der Waals surface area contributed by atoms with Crippen LogP contribution in [0.25, 0.3) is 10.8 Å². The van der Waals surface area contributed by atoms with Crippen LogP contribution >= 0.6 is 11.6 Å². The smallest absolute Gasteiger partial charge is 0.284 e. The molecule has 7 nitrogen and oxygen atoms in total. The summed E-state index contributed by atoms with van der Waals surface area (Å²) >= 11 is 5.98. The van der Waals surface area contributed by atoms with Gasteiger partial charge < -0.3 is 19.3 Å². The Hall–Kier alpha value is -3.45. The number of carbonyl (C=O) groups is 1. The second kappa shape index (κ2) is 7.89. The highest BCUT2D eigenvalue weighted by atomic mass is 35.5. The number of nitrogens with one attached hydrogen (secondary N) is 1. The van der Waals surface area contributed by atoms with Crippen molar-refractivity contribution in [3.05, 3.63) is 59.1 Å². The van der Waals surface area contributed by atoms with E-state index in [1.807, 2.05) is 36.4 Å². The van der Waals surface area contributed by atoms with Gasteiger partial charge in [-0.2, -0.15) is 5.10 Å². The number of hydrogen-bond donors (Lipinski definition) is 2. The molecule has 0 spiro atoms. The van der Waals surface area contributed by atoms with Crippen LogP contribution in [-0.4, -0.2) is 37.0 Å². The summed E-state index contributed by atoms with van der Waals surface area (Å²) in [6.07, 6.45) is 0.413. The number of nitrogens with zero attached hydrogens (tertiary/aromatic N) is 1. The van der Waals surface area contributed by atoms with Gasteiger partial charge in [-0.1, -0.05) is 35.9 Å². The van der Waals surface area contributed by atoms with Crippen LogP contribution in [0, 0.1) is 0 Å². The van der Waals surface area contributed by atoms with E-state index in [4.69, 9.17) is 25.8 Å². The monoisotopic (exact) mass is 412 g/mol. The Morgan fingerprint density at radius 1 is 1.24 bits per heavy atom. The van der Waals surface area contributed by atoms with Gasteiger partial charge in [0.15, 0.2) is 23.0 Å². The molecule has 2 N–H and O–H groups in total. The molecule has 1 atom stereocenters. The molecule has 0 bridgehead atoms. The summed E-state index contributed by atoms with van der Waals surface area (Å²) in [6, 6.07) is 14.5. The Balaban J connectivity index is 1.46. The van der Waals surface area contributed by atoms with Crippen molar-refractivity contribution in [2.75, 3.05) is 13.7 Å². The molecule has 0 aromatic heterocycles. The van der Waals surface area contributed by atoms with Crippen LogP contribution in [0.2, 0.25) is 5.02 Å². The van der Waals surface area contributed by atoms with Gasteiger partial charge in [-0.15, -0.1) is 0 Å². The Bertz CT molecular complexity index is 1120. The maximum absolute atomic E-state index is 12.4. The third-order valence-electron chi connectivity index (χ3n) is 4.43. The molecule has 0 saturated carbocycles. The number of hydrogen-bond acceptors (Lipinski definition) is 6. The number of phenols is 1. The van der Waals surface area contributed by atoms with E-state index in [9.17, 15) is 9.90 Å². The highest BCUT2D eigenvalue weighted by Gasteiger charge is 2.27. The Morgan fingerprint density at radius 3 is 2.69 bits per heavy atom. The van der Waals surface area contributed by atoms with Crippen LogP contribution in [0.1, 0.15) is 5.56 Å². The van der Waals surface area contributed by atoms with E-state index in [1.54, 1.807) is 0 Å². The maximum atomic E-state index is 12.4. The summed E-state index contributed by atoms with van der Waals surface area (Å²) in [7, 11) is 1.41. The summed E-state index contributed by atoms with van der Waals surface area (Å²) < 4.78 is 16.5. The van der Waals surface area contributed by atoms with Crippen molar-refractivity contribution in [1.29, 1.82) is 0 Å². The van der Waals surface area contributed by atoms with E-state index in [0.29, 0.717) is 22.1 Å². The zero-order valence-corrected chi connectivity index (χ0v) is 16.1. The number of methoxy groups -OCH3 is 1. The molecule has 0 fully saturated rings. The van der Waals surface area contributed by atoms with Gasteiger partial charge in [0.25, 0.3) is 5.91 Å². The van der Waals surface area contributed by atoms with Gasteiger partial charge in [-0.25, -0.2) is 5.43 Å². The summed E-state index contributed by atoms with van der Waals surface area (Å²) in [5.74, 6) is 0.683. The quantitative estimate of drug-likeness (QED) is 0.505. The van der Waals surface area contributed by atoms with Crippen LogP contribution in [-0.2, 0) is 4.79 Å². The molecular formula is C21H17ClN2O5. The van der Waals surface area contributed by atoms with E-state index >= 15 is 0 Å². The van der Waals surface area contributed by atoms with E-state index in [2.05, 4.69) is 10.5 Å². The molecule has 1 unspecified atom stereocenters. The minimum Gasteiger partial charge on any atom is -0.504 e. The fraction of sp³-hybridized carbons (Fsp3) is 0.143. The Kier molecular flexibility index (Phi) is 5.14. The standard InChI is InChI=1S/C21H17ClN2O5/c1-27-18-9-15(22)6-14(20(18)25)10-23-24-21(26)19-11-28-16-7-12-4-2-3-5-13(12)8-17(16)29-19/h2-10,19,25H,11H2,1H3,(H,24,26)/b23-10-. The van der Waals surface area contributed by atoms with Crippen molar-refractivity contribution in [3.8, 4) is 23.0 Å². The second-order valence-corrected chi connectivity index (χ2v) is 6.78. The number of aromatic hydroxyl groups is 1. The molecule has 1 amide bonds. The molecule has 1 aliphatic heterocycles. The molecule has 0 aliphatic carbocycles. The number of ether oxygens (including phenoxy) is 3. The number of halogens is 1. The first-order chi connectivity index (χ1) is 14.0. The number of benzene rings is 3. The number of hydrazone groups is 1. The lowest BCUT2D eigenvalue weighted by molar-refractivity contribution is -0.130. The molecule has 1 aliphatic rings. The number of phenolic OH excluding ortho intramolecular Hbond substituents is 1.